The van der Waals surface area contributed by atoms with Gasteiger partial charge in [-0.2, -0.15) is 0 Å². The zero-order valence-corrected chi connectivity index (χ0v) is 67.2. The Kier molecular flexibility index (Phi) is 36.6. The van der Waals surface area contributed by atoms with Gasteiger partial charge in [0.25, 0.3) is 0 Å². The second-order valence-corrected chi connectivity index (χ2v) is 32.0. The summed E-state index contributed by atoms with van der Waals surface area (Å²) in [5.41, 5.74) is 16.4. The molecule has 0 spiro atoms. The Morgan fingerprint density at radius 1 is 0.521 bits per heavy atom. The zero-order chi connectivity index (χ0) is 84.5. The standard InChI is InChI=1S/C82H108N16O17S2/c1-47(2)86-42-53-27-25-52(26-28-53)40-64-78(110)98-70(48(3)100)81(113)94-63(39-50-19-9-5-10-20-50)76(108)88-59-23-11-6-16-36-85-69(102)34-33-61(74(106)93-65(77(109)92-64)41-54-43-87-58-22-13-12-21-56(54)58)90-75(107)62(38-49-17-7-4-8-18-49)91-72(104)60(24-14-15-35-83)89-80(112)67(96-71(103)57(84)37-51-29-31-55(101)32-30-51)45-116-117-46-68(82(114)115)97-79(111)66(44-99)95-73(59)105/h4-5,7-10,12-13,17-22,25-32,43,47-48,57,59-68,70,86-87,99-101H,6,11,14-16,23-24,33-42,44-46,83-84H2,1-3H3,(H,85,102)(H,88,108)(H,89,112)(H,90,107)(H,91,104)(H,92,109)(H,93,106)(H,94,113)(H,95,105)(H,96,103)(H,97,111)(H,98,110)(H,114,115)/t48-,57+,59-,60+,61+,62+,63+,64+,65-,66+,67+,68+,70-/m1/s1. The fraction of sp³-hybridized carbons (Fsp3) is 0.451. The van der Waals surface area contributed by atoms with Crippen molar-refractivity contribution in [1.29, 1.82) is 0 Å². The number of phenols is 1. The van der Waals surface area contributed by atoms with Gasteiger partial charge >= 0.3 is 5.97 Å². The minimum absolute atomic E-state index is 0.00527. The van der Waals surface area contributed by atoms with Crippen molar-refractivity contribution in [3.8, 4) is 5.75 Å². The summed E-state index contributed by atoms with van der Waals surface area (Å²) in [7, 11) is 1.70. The summed E-state index contributed by atoms with van der Waals surface area (Å²) < 4.78 is 0. The first-order valence-electron chi connectivity index (χ1n) is 39.2. The van der Waals surface area contributed by atoms with Gasteiger partial charge in [-0.3, -0.25) is 57.5 Å². The molecule has 630 valence electrons. The number of amides is 12. The summed E-state index contributed by atoms with van der Waals surface area (Å²) in [6, 6.07) is 17.5. The number of aliphatic carboxylic acids is 1. The highest BCUT2D eigenvalue weighted by Gasteiger charge is 2.39. The van der Waals surface area contributed by atoms with Gasteiger partial charge in [0.1, 0.15) is 72.2 Å². The van der Waals surface area contributed by atoms with E-state index in [2.05, 4.69) is 74.1 Å². The van der Waals surface area contributed by atoms with Gasteiger partial charge in [-0.25, -0.2) is 4.79 Å². The number of hydrogen-bond acceptors (Lipinski definition) is 21. The van der Waals surface area contributed by atoms with Crippen LogP contribution in [0.25, 0.3) is 10.9 Å². The number of nitrogens with one attached hydrogen (secondary N) is 14. The van der Waals surface area contributed by atoms with Crippen molar-refractivity contribution >= 4 is 109 Å². The van der Waals surface area contributed by atoms with Gasteiger partial charge in [0.2, 0.25) is 70.9 Å². The van der Waals surface area contributed by atoms with Crippen molar-refractivity contribution in [3.05, 3.63) is 173 Å². The minimum Gasteiger partial charge on any atom is -0.508 e. The Labute approximate surface area is 686 Å². The lowest BCUT2D eigenvalue weighted by molar-refractivity contribution is -0.142. The molecule has 117 heavy (non-hydrogen) atoms. The SMILES string of the molecule is CC(C)NCc1ccc(C[C@@H]2NC(=O)[C@@H](Cc3c[nH]c4ccccc34)NC(=O)[C@@H]3CCC(=O)NCCCCC[C@@H](NC(=O)[C@H](Cc4ccccc4)NC(=O)[C@@H]([C@@H](C)O)NC2=O)C(=O)N[C@@H](CO)C(=O)N[C@H](C(=O)O)CSSC[C@H](NC(=O)[C@@H](N)Cc2ccc(O)cc2)C(=O)N[C@@H](CCCCN)C(=O)N[C@@H](Cc2ccccc2)C(=O)N3)cc1. The summed E-state index contributed by atoms with van der Waals surface area (Å²) in [6.45, 7) is 4.71. The van der Waals surface area contributed by atoms with Gasteiger partial charge in [-0.15, -0.1) is 0 Å². The van der Waals surface area contributed by atoms with E-state index < -0.39 is 181 Å². The maximum atomic E-state index is 15.6. The van der Waals surface area contributed by atoms with E-state index in [4.69, 9.17) is 11.5 Å². The number of aliphatic hydroxyl groups excluding tert-OH is 2. The van der Waals surface area contributed by atoms with Crippen LogP contribution in [0.4, 0.5) is 0 Å². The van der Waals surface area contributed by atoms with E-state index in [0.717, 1.165) is 27.2 Å². The number of aromatic hydroxyl groups is 1. The van der Waals surface area contributed by atoms with Crippen molar-refractivity contribution in [3.63, 3.8) is 0 Å². The van der Waals surface area contributed by atoms with Gasteiger partial charge < -0.3 is 106 Å². The number of carboxylic acids is 1. The molecule has 2 aliphatic heterocycles. The maximum absolute atomic E-state index is 15.6. The predicted molar refractivity (Wildman–Crippen MR) is 440 cm³/mol. The molecule has 0 saturated carbocycles. The third kappa shape index (κ3) is 29.6. The second-order valence-electron chi connectivity index (χ2n) is 29.4. The molecule has 12 amide bonds. The molecule has 2 saturated heterocycles. The monoisotopic (exact) mass is 1650 g/mol. The number of hydrogen-bond donors (Lipinski definition) is 20. The first-order chi connectivity index (χ1) is 56.1. The van der Waals surface area contributed by atoms with Crippen LogP contribution in [0.2, 0.25) is 0 Å². The van der Waals surface area contributed by atoms with Crippen LogP contribution >= 0.6 is 21.6 Å². The van der Waals surface area contributed by atoms with Crippen molar-refractivity contribution < 1.29 is 82.8 Å². The molecule has 33 nitrogen and oxygen atoms in total. The first-order valence-corrected chi connectivity index (χ1v) is 41.7. The van der Waals surface area contributed by atoms with Gasteiger partial charge in [0.15, 0.2) is 0 Å². The number of benzene rings is 5. The minimum atomic E-state index is -1.87. The van der Waals surface area contributed by atoms with Crippen molar-refractivity contribution in [2.45, 2.75) is 202 Å². The topological polar surface area (TPSA) is 527 Å². The number of unbranched alkanes of at least 4 members (excludes halogenated alkanes) is 1. The molecular formula is C82H108N16O17S2. The fourth-order valence-electron chi connectivity index (χ4n) is 13.1. The molecule has 5 aromatic carbocycles. The number of fused-ring (bicyclic) bond motifs is 11. The molecule has 22 N–H and O–H groups in total. The van der Waals surface area contributed by atoms with E-state index in [1.807, 2.05) is 26.0 Å². The van der Waals surface area contributed by atoms with Crippen LogP contribution in [0, 0.1) is 0 Å². The van der Waals surface area contributed by atoms with Crippen molar-refractivity contribution in [2.24, 2.45) is 11.5 Å². The van der Waals surface area contributed by atoms with Crippen LogP contribution in [0.15, 0.2) is 140 Å². The number of aliphatic hydroxyl groups is 2. The number of H-pyrrole nitrogens is 1. The van der Waals surface area contributed by atoms with E-state index in [0.29, 0.717) is 51.7 Å². The molecular weight excluding hydrogens is 1550 g/mol. The quantitative estimate of drug-likeness (QED) is 0.0314. The van der Waals surface area contributed by atoms with E-state index >= 15 is 28.8 Å². The molecule has 2 bridgehead atoms. The predicted octanol–water partition coefficient (Wildman–Crippen LogP) is -0.00300. The number of phenolic OH excluding ortho intramolecular Hbond substituents is 1. The average molecular weight is 1650 g/mol. The summed E-state index contributed by atoms with van der Waals surface area (Å²) in [5.74, 6) is -14.0. The normalized spacial score (nSPS) is 23.5. The number of carboxylic acid groups (broad SMARTS) is 1. The Hall–Kier alpha value is -11.0. The summed E-state index contributed by atoms with van der Waals surface area (Å²) >= 11 is 0. The Morgan fingerprint density at radius 2 is 1.03 bits per heavy atom. The highest BCUT2D eigenvalue weighted by atomic mass is 33.1. The van der Waals surface area contributed by atoms with E-state index in [9.17, 15) is 54.0 Å². The molecule has 2 aliphatic rings. The number of nitrogens with two attached hydrogens (primary N) is 2. The van der Waals surface area contributed by atoms with Gasteiger partial charge in [-0.05, 0) is 110 Å². The van der Waals surface area contributed by atoms with Crippen LogP contribution in [0.1, 0.15) is 112 Å². The van der Waals surface area contributed by atoms with Crippen LogP contribution < -0.4 is 80.6 Å². The molecule has 0 radical (unpaired) electrons. The molecule has 0 aliphatic carbocycles. The maximum Gasteiger partial charge on any atom is 0.327 e. The average Bonchev–Trinajstić information content (AvgIpc) is 1.54. The third-order valence-electron chi connectivity index (χ3n) is 19.8. The van der Waals surface area contributed by atoms with Crippen molar-refractivity contribution in [1.82, 2.24) is 74.1 Å². The number of aromatic amines is 1. The number of carbonyl (C=O) groups excluding carboxylic acids is 12. The largest absolute Gasteiger partial charge is 0.508 e. The lowest BCUT2D eigenvalue weighted by atomic mass is 9.99. The molecule has 3 heterocycles. The molecule has 1 aromatic heterocycles. The molecule has 0 unspecified atom stereocenters. The van der Waals surface area contributed by atoms with Gasteiger partial charge in [0.05, 0.1) is 18.8 Å². The lowest BCUT2D eigenvalue weighted by Gasteiger charge is -2.29. The number of rotatable bonds is 22. The van der Waals surface area contributed by atoms with E-state index in [-0.39, 0.29) is 101 Å². The third-order valence-corrected chi connectivity index (χ3v) is 22.2. The van der Waals surface area contributed by atoms with Crippen LogP contribution in [-0.2, 0) is 101 Å². The molecule has 2 fully saturated rings. The van der Waals surface area contributed by atoms with Gasteiger partial charge in [0, 0.05) is 79.8 Å². The van der Waals surface area contributed by atoms with Gasteiger partial charge in [-0.1, -0.05) is 164 Å². The highest BCUT2D eigenvalue weighted by molar-refractivity contribution is 8.76. The van der Waals surface area contributed by atoms with Crippen LogP contribution in [0.5, 0.6) is 5.75 Å². The van der Waals surface area contributed by atoms with Crippen LogP contribution in [-0.4, -0.2) is 218 Å². The fourth-order valence-corrected chi connectivity index (χ4v) is 15.4. The Bertz CT molecular complexity index is 4340. The smallest absolute Gasteiger partial charge is 0.327 e. The number of aromatic nitrogens is 1. The van der Waals surface area contributed by atoms with E-state index in [1.165, 1.54) is 31.2 Å². The second kappa shape index (κ2) is 46.7. The molecule has 35 heteroatoms. The molecule has 13 atom stereocenters. The van der Waals surface area contributed by atoms with Crippen LogP contribution in [0.3, 0.4) is 0 Å². The number of carbonyl (C=O) groups is 13. The highest BCUT2D eigenvalue weighted by Crippen LogP contribution is 2.25. The Morgan fingerprint density at radius 3 is 1.62 bits per heavy atom. The van der Waals surface area contributed by atoms with E-state index in [1.54, 1.807) is 103 Å². The molecule has 8 rings (SSSR count). The lowest BCUT2D eigenvalue weighted by Crippen LogP contribution is -2.62. The number of para-hydroxylation sites is 1. The first kappa shape index (κ1) is 91.6. The zero-order valence-electron chi connectivity index (χ0n) is 65.6. The molecule has 6 aromatic rings. The van der Waals surface area contributed by atoms with Crippen molar-refractivity contribution in [2.75, 3.05) is 31.2 Å². The summed E-state index contributed by atoms with van der Waals surface area (Å²) in [6.07, 6.45) is -1.18. The Balaban J connectivity index is 1.25. The summed E-state index contributed by atoms with van der Waals surface area (Å²) in [4.78, 5) is 195. The summed E-state index contributed by atoms with van der Waals surface area (Å²) in [5, 5.41) is 78.7.